The third-order valence-corrected chi connectivity index (χ3v) is 5.60. The van der Waals surface area contributed by atoms with Gasteiger partial charge in [0.1, 0.15) is 0 Å². The maximum atomic E-state index is 6.27. The lowest BCUT2D eigenvalue weighted by molar-refractivity contribution is 0.00578. The molecule has 0 atom stereocenters. The highest BCUT2D eigenvalue weighted by atomic mass is 16.7. The normalized spacial score (nSPS) is 22.0. The summed E-state index contributed by atoms with van der Waals surface area (Å²) in [5.41, 5.74) is 2.43. The summed E-state index contributed by atoms with van der Waals surface area (Å²) in [5, 5.41) is 4.39. The third kappa shape index (κ3) is 3.15. The SMILES string of the molecule is CC1(C)OB(c2cc(N3CCOCC3)cc(-n3cccn3)c2)OC1(C)C. The molecule has 2 aromatic rings. The highest BCUT2D eigenvalue weighted by Gasteiger charge is 2.51. The van der Waals surface area contributed by atoms with E-state index in [9.17, 15) is 0 Å². The highest BCUT2D eigenvalue weighted by molar-refractivity contribution is 6.62. The molecule has 3 heterocycles. The van der Waals surface area contributed by atoms with Crippen molar-refractivity contribution in [1.29, 1.82) is 0 Å². The second kappa shape index (κ2) is 6.41. The zero-order valence-corrected chi connectivity index (χ0v) is 15.9. The van der Waals surface area contributed by atoms with E-state index in [0.29, 0.717) is 0 Å². The number of anilines is 1. The Balaban J connectivity index is 1.73. The molecule has 1 aromatic carbocycles. The van der Waals surface area contributed by atoms with Crippen LogP contribution in [0.1, 0.15) is 27.7 Å². The smallest absolute Gasteiger partial charge is 0.399 e. The van der Waals surface area contributed by atoms with Gasteiger partial charge in [0.15, 0.2) is 0 Å². The minimum atomic E-state index is -0.393. The van der Waals surface area contributed by atoms with Gasteiger partial charge in [0.2, 0.25) is 0 Å². The van der Waals surface area contributed by atoms with E-state index in [0.717, 1.165) is 43.1 Å². The molecule has 2 aliphatic rings. The molecule has 0 amide bonds. The second-order valence-corrected chi connectivity index (χ2v) is 7.92. The standard InChI is InChI=1S/C19H26BN3O3/c1-18(2)19(3,4)26-20(25-18)15-12-16(22-8-10-24-11-9-22)14-17(13-15)23-7-5-6-21-23/h5-7,12-14H,8-11H2,1-4H3. The summed E-state index contributed by atoms with van der Waals surface area (Å²) in [5.74, 6) is 0. The Bertz CT molecular complexity index is 754. The number of nitrogens with zero attached hydrogens (tertiary/aromatic N) is 3. The van der Waals surface area contributed by atoms with Crippen molar-refractivity contribution in [2.75, 3.05) is 31.2 Å². The van der Waals surface area contributed by atoms with Crippen molar-refractivity contribution in [3.63, 3.8) is 0 Å². The van der Waals surface area contributed by atoms with Crippen molar-refractivity contribution in [2.45, 2.75) is 38.9 Å². The molecule has 2 saturated heterocycles. The first-order valence-electron chi connectivity index (χ1n) is 9.19. The molecule has 2 aliphatic heterocycles. The molecule has 0 spiro atoms. The summed E-state index contributed by atoms with van der Waals surface area (Å²) in [6.07, 6.45) is 3.74. The summed E-state index contributed by atoms with van der Waals surface area (Å²) < 4.78 is 19.9. The minimum absolute atomic E-state index is 0.363. The van der Waals surface area contributed by atoms with Crippen LogP contribution in [0.5, 0.6) is 0 Å². The highest BCUT2D eigenvalue weighted by Crippen LogP contribution is 2.37. The average molecular weight is 355 g/mol. The Morgan fingerprint density at radius 1 is 0.962 bits per heavy atom. The first-order valence-corrected chi connectivity index (χ1v) is 9.19. The monoisotopic (exact) mass is 355 g/mol. The molecule has 0 N–H and O–H groups in total. The van der Waals surface area contributed by atoms with Crippen LogP contribution in [0.25, 0.3) is 5.69 Å². The Labute approximate surface area is 155 Å². The number of hydrogen-bond acceptors (Lipinski definition) is 5. The quantitative estimate of drug-likeness (QED) is 0.789. The molecule has 0 saturated carbocycles. The summed E-state index contributed by atoms with van der Waals surface area (Å²) >= 11 is 0. The molecule has 138 valence electrons. The Hall–Kier alpha value is -1.83. The largest absolute Gasteiger partial charge is 0.494 e. The van der Waals surface area contributed by atoms with Crippen molar-refractivity contribution >= 4 is 18.3 Å². The van der Waals surface area contributed by atoms with Crippen molar-refractivity contribution in [2.24, 2.45) is 0 Å². The van der Waals surface area contributed by atoms with Crippen LogP contribution in [0.2, 0.25) is 0 Å². The number of ether oxygens (including phenoxy) is 1. The van der Waals surface area contributed by atoms with E-state index in [4.69, 9.17) is 14.0 Å². The van der Waals surface area contributed by atoms with Crippen LogP contribution in [-0.4, -0.2) is 54.4 Å². The number of morpholine rings is 1. The molecule has 1 aromatic heterocycles. The van der Waals surface area contributed by atoms with Gasteiger partial charge in [-0.2, -0.15) is 5.10 Å². The van der Waals surface area contributed by atoms with Crippen LogP contribution < -0.4 is 10.4 Å². The van der Waals surface area contributed by atoms with Crippen molar-refractivity contribution < 1.29 is 14.0 Å². The average Bonchev–Trinajstić information content (AvgIpc) is 3.22. The number of aromatic nitrogens is 2. The number of benzene rings is 1. The van der Waals surface area contributed by atoms with Crippen molar-refractivity contribution in [1.82, 2.24) is 9.78 Å². The molecule has 0 aliphatic carbocycles. The molecule has 0 bridgehead atoms. The predicted molar refractivity (Wildman–Crippen MR) is 102 cm³/mol. The third-order valence-electron chi connectivity index (χ3n) is 5.60. The molecule has 4 rings (SSSR count). The molecular weight excluding hydrogens is 329 g/mol. The Morgan fingerprint density at radius 3 is 2.23 bits per heavy atom. The fourth-order valence-electron chi connectivity index (χ4n) is 3.29. The predicted octanol–water partition coefficient (Wildman–Crippen LogP) is 2.01. The summed E-state index contributed by atoms with van der Waals surface area (Å²) in [7, 11) is -0.393. The molecule has 26 heavy (non-hydrogen) atoms. The van der Waals surface area contributed by atoms with Gasteiger partial charge in [-0.3, -0.25) is 0 Å². The maximum Gasteiger partial charge on any atom is 0.494 e. The van der Waals surface area contributed by atoms with E-state index < -0.39 is 7.12 Å². The van der Waals surface area contributed by atoms with E-state index in [2.05, 4.69) is 55.9 Å². The summed E-state index contributed by atoms with van der Waals surface area (Å²) in [6, 6.07) is 8.35. The van der Waals surface area contributed by atoms with Crippen LogP contribution in [0, 0.1) is 0 Å². The first kappa shape index (κ1) is 17.6. The second-order valence-electron chi connectivity index (χ2n) is 7.92. The van der Waals surface area contributed by atoms with E-state index in [1.807, 2.05) is 16.9 Å². The molecule has 0 radical (unpaired) electrons. The fraction of sp³-hybridized carbons (Fsp3) is 0.526. The van der Waals surface area contributed by atoms with Crippen LogP contribution in [-0.2, 0) is 14.0 Å². The van der Waals surface area contributed by atoms with Crippen LogP contribution in [0.4, 0.5) is 5.69 Å². The van der Waals surface area contributed by atoms with Gasteiger partial charge < -0.3 is 18.9 Å². The molecular formula is C19H26BN3O3. The number of rotatable bonds is 3. The van der Waals surface area contributed by atoms with Crippen LogP contribution in [0.3, 0.4) is 0 Å². The zero-order chi connectivity index (χ0) is 18.4. The van der Waals surface area contributed by atoms with E-state index in [1.54, 1.807) is 6.20 Å². The lowest BCUT2D eigenvalue weighted by Gasteiger charge is -2.32. The maximum absolute atomic E-state index is 6.27. The van der Waals surface area contributed by atoms with Crippen LogP contribution in [0.15, 0.2) is 36.7 Å². The van der Waals surface area contributed by atoms with Crippen molar-refractivity contribution in [3.05, 3.63) is 36.7 Å². The van der Waals surface area contributed by atoms with Crippen LogP contribution >= 0.6 is 0 Å². The topological polar surface area (TPSA) is 48.8 Å². The summed E-state index contributed by atoms with van der Waals surface area (Å²) in [6.45, 7) is 11.6. The minimum Gasteiger partial charge on any atom is -0.399 e. The summed E-state index contributed by atoms with van der Waals surface area (Å²) in [4.78, 5) is 2.34. The molecule has 0 unspecified atom stereocenters. The van der Waals surface area contributed by atoms with Gasteiger partial charge in [-0.05, 0) is 57.4 Å². The van der Waals surface area contributed by atoms with Gasteiger partial charge in [0, 0.05) is 31.2 Å². The van der Waals surface area contributed by atoms with Gasteiger partial charge in [0.05, 0.1) is 30.1 Å². The van der Waals surface area contributed by atoms with Crippen molar-refractivity contribution in [3.8, 4) is 5.69 Å². The van der Waals surface area contributed by atoms with Gasteiger partial charge in [-0.15, -0.1) is 0 Å². The first-order chi connectivity index (χ1) is 12.4. The Kier molecular flexibility index (Phi) is 4.33. The van der Waals surface area contributed by atoms with Gasteiger partial charge in [0.25, 0.3) is 0 Å². The van der Waals surface area contributed by atoms with Gasteiger partial charge >= 0.3 is 7.12 Å². The Morgan fingerprint density at radius 2 is 1.62 bits per heavy atom. The fourth-order valence-corrected chi connectivity index (χ4v) is 3.29. The lowest BCUT2D eigenvalue weighted by Crippen LogP contribution is -2.41. The van der Waals surface area contributed by atoms with E-state index in [1.165, 1.54) is 0 Å². The zero-order valence-electron chi connectivity index (χ0n) is 15.9. The van der Waals surface area contributed by atoms with Gasteiger partial charge in [-0.1, -0.05) is 0 Å². The van der Waals surface area contributed by atoms with E-state index in [-0.39, 0.29) is 11.2 Å². The molecule has 7 heteroatoms. The van der Waals surface area contributed by atoms with E-state index >= 15 is 0 Å². The number of hydrogen-bond donors (Lipinski definition) is 0. The lowest BCUT2D eigenvalue weighted by atomic mass is 9.78. The molecule has 2 fully saturated rings. The van der Waals surface area contributed by atoms with Gasteiger partial charge in [-0.25, -0.2) is 4.68 Å². The molecule has 6 nitrogen and oxygen atoms in total.